The first kappa shape index (κ1) is 22.3. The number of hydrogen-bond donors (Lipinski definition) is 1. The molecule has 0 aliphatic rings. The van der Waals surface area contributed by atoms with Crippen LogP contribution < -0.4 is 10.1 Å². The van der Waals surface area contributed by atoms with Crippen LogP contribution in [0.3, 0.4) is 0 Å². The molecular weight excluding hydrogens is 408 g/mol. The number of carbonyl (C=O) groups excluding carboxylic acids is 1. The van der Waals surface area contributed by atoms with E-state index in [-0.39, 0.29) is 12.0 Å². The normalized spacial score (nSPS) is 11.2. The van der Waals surface area contributed by atoms with Crippen molar-refractivity contribution in [2.75, 3.05) is 5.32 Å². The fourth-order valence-corrected chi connectivity index (χ4v) is 4.06. The lowest BCUT2D eigenvalue weighted by molar-refractivity contribution is -0.120. The smallest absolute Gasteiger partial charge is 0.239 e. The molecule has 4 nitrogen and oxygen atoms in total. The summed E-state index contributed by atoms with van der Waals surface area (Å²) in [5.74, 6) is 0.424. The van der Waals surface area contributed by atoms with Crippen LogP contribution in [0.4, 0.5) is 5.69 Å². The Balaban J connectivity index is 1.78. The summed E-state index contributed by atoms with van der Waals surface area (Å²) in [7, 11) is 0. The molecule has 1 N–H and O–H groups in total. The van der Waals surface area contributed by atoms with Gasteiger partial charge in [0.25, 0.3) is 0 Å². The highest BCUT2D eigenvalue weighted by atomic mass is 16.5. The van der Waals surface area contributed by atoms with Crippen molar-refractivity contribution in [3.8, 4) is 5.88 Å². The van der Waals surface area contributed by atoms with Crippen molar-refractivity contribution >= 4 is 11.6 Å². The van der Waals surface area contributed by atoms with Gasteiger partial charge in [-0.25, -0.2) is 4.98 Å². The second-order valence-corrected chi connectivity index (χ2v) is 8.31. The van der Waals surface area contributed by atoms with E-state index in [0.29, 0.717) is 18.0 Å². The molecule has 0 aliphatic carbocycles. The number of aromatic nitrogens is 1. The van der Waals surface area contributed by atoms with Gasteiger partial charge in [0.15, 0.2) is 0 Å². The standard InChI is InChI=1S/C29H28N2O2/c1-22(2)33-27-19-18-26(21-30-27)31-28(32)29(24-14-8-4-9-15-24,25-16-10-5-11-17-25)20-23-12-6-3-7-13-23/h3-19,21-22H,20H2,1-2H3,(H,31,32). The average Bonchev–Trinajstić information content (AvgIpc) is 2.85. The molecular formula is C29H28N2O2. The molecule has 0 fully saturated rings. The fraction of sp³-hybridized carbons (Fsp3) is 0.172. The molecule has 4 aromatic rings. The average molecular weight is 437 g/mol. The molecule has 0 spiro atoms. The Morgan fingerprint density at radius 1 is 0.818 bits per heavy atom. The molecule has 1 aromatic heterocycles. The third-order valence-corrected chi connectivity index (χ3v) is 5.58. The van der Waals surface area contributed by atoms with Gasteiger partial charge in [0.2, 0.25) is 11.8 Å². The lowest BCUT2D eigenvalue weighted by atomic mass is 9.69. The van der Waals surface area contributed by atoms with Gasteiger partial charge in [-0.05, 0) is 43.0 Å². The Kier molecular flexibility index (Phi) is 6.84. The number of nitrogens with zero attached hydrogens (tertiary/aromatic N) is 1. The summed E-state index contributed by atoms with van der Waals surface area (Å²) in [4.78, 5) is 18.5. The van der Waals surface area contributed by atoms with Gasteiger partial charge >= 0.3 is 0 Å². The van der Waals surface area contributed by atoms with E-state index in [0.717, 1.165) is 16.7 Å². The summed E-state index contributed by atoms with van der Waals surface area (Å²) in [6, 6.07) is 33.7. The topological polar surface area (TPSA) is 51.2 Å². The third kappa shape index (κ3) is 5.12. The maximum Gasteiger partial charge on any atom is 0.239 e. The molecule has 4 heteroatoms. The molecule has 0 bridgehead atoms. The summed E-state index contributed by atoms with van der Waals surface area (Å²) in [6.07, 6.45) is 2.20. The highest BCUT2D eigenvalue weighted by Crippen LogP contribution is 2.37. The van der Waals surface area contributed by atoms with Crippen LogP contribution in [0.5, 0.6) is 5.88 Å². The Bertz CT molecular complexity index is 1120. The van der Waals surface area contributed by atoms with E-state index in [2.05, 4.69) is 22.4 Å². The Hall–Kier alpha value is -3.92. The van der Waals surface area contributed by atoms with Gasteiger partial charge in [0.05, 0.1) is 18.0 Å². The van der Waals surface area contributed by atoms with Gasteiger partial charge < -0.3 is 10.1 Å². The van der Waals surface area contributed by atoms with Gasteiger partial charge in [0, 0.05) is 6.07 Å². The summed E-state index contributed by atoms with van der Waals surface area (Å²) in [6.45, 7) is 3.91. The van der Waals surface area contributed by atoms with E-state index in [4.69, 9.17) is 4.74 Å². The van der Waals surface area contributed by atoms with Crippen molar-refractivity contribution < 1.29 is 9.53 Å². The number of ether oxygens (including phenoxy) is 1. The molecule has 0 saturated carbocycles. The van der Waals surface area contributed by atoms with Gasteiger partial charge in [-0.1, -0.05) is 91.0 Å². The summed E-state index contributed by atoms with van der Waals surface area (Å²) in [5, 5.41) is 3.12. The lowest BCUT2D eigenvalue weighted by Crippen LogP contribution is -2.43. The number of benzene rings is 3. The summed E-state index contributed by atoms with van der Waals surface area (Å²) in [5.41, 5.74) is 2.66. The first-order valence-corrected chi connectivity index (χ1v) is 11.2. The van der Waals surface area contributed by atoms with E-state index in [1.54, 1.807) is 12.3 Å². The van der Waals surface area contributed by atoms with Crippen molar-refractivity contribution in [2.45, 2.75) is 31.8 Å². The van der Waals surface area contributed by atoms with Gasteiger partial charge in [0.1, 0.15) is 5.41 Å². The van der Waals surface area contributed by atoms with E-state index in [1.165, 1.54) is 0 Å². The van der Waals surface area contributed by atoms with Crippen LogP contribution in [0.2, 0.25) is 0 Å². The van der Waals surface area contributed by atoms with Crippen LogP contribution in [0, 0.1) is 0 Å². The summed E-state index contributed by atoms with van der Waals surface area (Å²) < 4.78 is 5.64. The monoisotopic (exact) mass is 436 g/mol. The summed E-state index contributed by atoms with van der Waals surface area (Å²) >= 11 is 0. The van der Waals surface area contributed by atoms with Gasteiger partial charge in [-0.15, -0.1) is 0 Å². The molecule has 166 valence electrons. The number of carbonyl (C=O) groups is 1. The van der Waals surface area contributed by atoms with Crippen LogP contribution in [0.1, 0.15) is 30.5 Å². The Morgan fingerprint density at radius 2 is 1.36 bits per heavy atom. The second-order valence-electron chi connectivity index (χ2n) is 8.31. The molecule has 0 unspecified atom stereocenters. The molecule has 0 radical (unpaired) electrons. The van der Waals surface area contributed by atoms with Crippen molar-refractivity contribution in [1.82, 2.24) is 4.98 Å². The predicted molar refractivity (Wildman–Crippen MR) is 132 cm³/mol. The van der Waals surface area contributed by atoms with Crippen molar-refractivity contribution in [3.63, 3.8) is 0 Å². The minimum atomic E-state index is -0.920. The van der Waals surface area contributed by atoms with E-state index >= 15 is 0 Å². The Labute approximate surface area is 195 Å². The lowest BCUT2D eigenvalue weighted by Gasteiger charge is -2.34. The predicted octanol–water partition coefficient (Wildman–Crippen LogP) is 6.04. The Morgan fingerprint density at radius 3 is 1.85 bits per heavy atom. The number of nitrogens with one attached hydrogen (secondary N) is 1. The molecule has 0 atom stereocenters. The van der Waals surface area contributed by atoms with Gasteiger partial charge in [-0.2, -0.15) is 0 Å². The fourth-order valence-electron chi connectivity index (χ4n) is 4.06. The zero-order valence-corrected chi connectivity index (χ0v) is 18.9. The van der Waals surface area contributed by atoms with Crippen LogP contribution in [-0.2, 0) is 16.6 Å². The number of rotatable bonds is 8. The minimum absolute atomic E-state index is 0.0348. The van der Waals surface area contributed by atoms with Crippen molar-refractivity contribution in [1.29, 1.82) is 0 Å². The zero-order chi connectivity index (χ0) is 23.1. The van der Waals surface area contributed by atoms with Crippen LogP contribution >= 0.6 is 0 Å². The molecule has 3 aromatic carbocycles. The van der Waals surface area contributed by atoms with Crippen molar-refractivity contribution in [2.24, 2.45) is 0 Å². The molecule has 1 heterocycles. The SMILES string of the molecule is CC(C)Oc1ccc(NC(=O)C(Cc2ccccc2)(c2ccccc2)c2ccccc2)cn1. The zero-order valence-electron chi connectivity index (χ0n) is 18.9. The molecule has 4 rings (SSSR count). The maximum absolute atomic E-state index is 14.1. The molecule has 0 aliphatic heterocycles. The first-order chi connectivity index (χ1) is 16.1. The van der Waals surface area contributed by atoms with Crippen LogP contribution in [0.25, 0.3) is 0 Å². The first-order valence-electron chi connectivity index (χ1n) is 11.2. The third-order valence-electron chi connectivity index (χ3n) is 5.58. The second kappa shape index (κ2) is 10.1. The number of pyridine rings is 1. The molecule has 1 amide bonds. The highest BCUT2D eigenvalue weighted by Gasteiger charge is 2.42. The number of anilines is 1. The highest BCUT2D eigenvalue weighted by molar-refractivity contribution is 6.02. The van der Waals surface area contributed by atoms with Crippen LogP contribution in [-0.4, -0.2) is 17.0 Å². The molecule has 0 saturated heterocycles. The number of amides is 1. The van der Waals surface area contributed by atoms with Crippen molar-refractivity contribution in [3.05, 3.63) is 126 Å². The minimum Gasteiger partial charge on any atom is -0.475 e. The van der Waals surface area contributed by atoms with Crippen LogP contribution in [0.15, 0.2) is 109 Å². The van der Waals surface area contributed by atoms with E-state index in [1.807, 2.05) is 98.8 Å². The maximum atomic E-state index is 14.1. The quantitative estimate of drug-likeness (QED) is 0.367. The van der Waals surface area contributed by atoms with E-state index in [9.17, 15) is 4.79 Å². The number of hydrogen-bond acceptors (Lipinski definition) is 3. The van der Waals surface area contributed by atoms with Gasteiger partial charge in [-0.3, -0.25) is 4.79 Å². The molecule has 33 heavy (non-hydrogen) atoms. The largest absolute Gasteiger partial charge is 0.475 e. The van der Waals surface area contributed by atoms with E-state index < -0.39 is 5.41 Å².